The zero-order chi connectivity index (χ0) is 14.1. The maximum Gasteiger partial charge on any atom is 0.311 e. The number of carbonyl (C=O) groups excluding carboxylic acids is 1. The third-order valence-electron chi connectivity index (χ3n) is 2.99. The van der Waals surface area contributed by atoms with Crippen LogP contribution >= 0.6 is 0 Å². The standard InChI is InChI=1S/C15H23NO3/c1-3-4-5-6-7-8-15(18)19-14-9-13(11-17)10-16-12(14)2/h9-10,17H,3-8,11H2,1-2H3. The van der Waals surface area contributed by atoms with Gasteiger partial charge in [-0.05, 0) is 25.0 Å². The molecular formula is C15H23NO3. The molecule has 0 aromatic carbocycles. The van der Waals surface area contributed by atoms with Crippen molar-refractivity contribution in [3.05, 3.63) is 23.5 Å². The zero-order valence-electron chi connectivity index (χ0n) is 11.8. The van der Waals surface area contributed by atoms with Crippen molar-refractivity contribution >= 4 is 5.97 Å². The molecule has 4 nitrogen and oxygen atoms in total. The van der Waals surface area contributed by atoms with Crippen LogP contribution in [0.1, 0.15) is 56.7 Å². The summed E-state index contributed by atoms with van der Waals surface area (Å²) in [6.07, 6.45) is 7.54. The molecule has 0 fully saturated rings. The van der Waals surface area contributed by atoms with Gasteiger partial charge in [0.1, 0.15) is 0 Å². The first kappa shape index (κ1) is 15.6. The highest BCUT2D eigenvalue weighted by Crippen LogP contribution is 2.18. The highest BCUT2D eigenvalue weighted by atomic mass is 16.5. The number of unbranched alkanes of at least 4 members (excludes halogenated alkanes) is 4. The van der Waals surface area contributed by atoms with Crippen molar-refractivity contribution in [3.63, 3.8) is 0 Å². The van der Waals surface area contributed by atoms with Gasteiger partial charge in [0.05, 0.1) is 12.3 Å². The van der Waals surface area contributed by atoms with Crippen LogP contribution in [0, 0.1) is 6.92 Å². The second-order valence-corrected chi connectivity index (χ2v) is 4.72. The summed E-state index contributed by atoms with van der Waals surface area (Å²) in [7, 11) is 0. The Kier molecular flexibility index (Phi) is 7.11. The molecular weight excluding hydrogens is 242 g/mol. The van der Waals surface area contributed by atoms with Gasteiger partial charge in [-0.2, -0.15) is 0 Å². The fourth-order valence-electron chi connectivity index (χ4n) is 1.79. The highest BCUT2D eigenvalue weighted by molar-refractivity contribution is 5.72. The molecule has 0 unspecified atom stereocenters. The van der Waals surface area contributed by atoms with E-state index in [9.17, 15) is 4.79 Å². The van der Waals surface area contributed by atoms with Gasteiger partial charge in [-0.15, -0.1) is 0 Å². The minimum atomic E-state index is -0.225. The molecule has 1 N–H and O–H groups in total. The van der Waals surface area contributed by atoms with Crippen LogP contribution in [0.15, 0.2) is 12.3 Å². The Bertz CT molecular complexity index is 404. The van der Waals surface area contributed by atoms with Gasteiger partial charge in [-0.25, -0.2) is 0 Å². The van der Waals surface area contributed by atoms with Crippen molar-refractivity contribution in [2.24, 2.45) is 0 Å². The number of pyridine rings is 1. The molecule has 1 heterocycles. The molecule has 0 saturated heterocycles. The average molecular weight is 265 g/mol. The molecule has 0 spiro atoms. The van der Waals surface area contributed by atoms with E-state index in [1.807, 2.05) is 0 Å². The fourth-order valence-corrected chi connectivity index (χ4v) is 1.79. The second kappa shape index (κ2) is 8.64. The number of rotatable bonds is 8. The number of ether oxygens (including phenoxy) is 1. The first-order valence-electron chi connectivity index (χ1n) is 6.94. The zero-order valence-corrected chi connectivity index (χ0v) is 11.8. The minimum absolute atomic E-state index is 0.102. The molecule has 106 valence electrons. The Morgan fingerprint density at radius 3 is 2.74 bits per heavy atom. The Hall–Kier alpha value is -1.42. The summed E-state index contributed by atoms with van der Waals surface area (Å²) in [6.45, 7) is 3.85. The monoisotopic (exact) mass is 265 g/mol. The van der Waals surface area contributed by atoms with Gasteiger partial charge in [-0.3, -0.25) is 9.78 Å². The predicted molar refractivity (Wildman–Crippen MR) is 73.9 cm³/mol. The lowest BCUT2D eigenvalue weighted by Gasteiger charge is -2.08. The summed E-state index contributed by atoms with van der Waals surface area (Å²) in [4.78, 5) is 15.8. The summed E-state index contributed by atoms with van der Waals surface area (Å²) in [5, 5.41) is 9.03. The molecule has 19 heavy (non-hydrogen) atoms. The lowest BCUT2D eigenvalue weighted by Crippen LogP contribution is -2.09. The Balaban J connectivity index is 2.39. The Morgan fingerprint density at radius 1 is 1.32 bits per heavy atom. The van der Waals surface area contributed by atoms with Crippen molar-refractivity contribution in [1.82, 2.24) is 4.98 Å². The van der Waals surface area contributed by atoms with Gasteiger partial charge < -0.3 is 9.84 Å². The molecule has 0 amide bonds. The van der Waals surface area contributed by atoms with Crippen molar-refractivity contribution in [1.29, 1.82) is 0 Å². The van der Waals surface area contributed by atoms with E-state index in [1.165, 1.54) is 19.3 Å². The highest BCUT2D eigenvalue weighted by Gasteiger charge is 2.08. The molecule has 0 bridgehead atoms. The molecule has 0 radical (unpaired) electrons. The molecule has 0 aliphatic rings. The molecule has 4 heteroatoms. The van der Waals surface area contributed by atoms with Gasteiger partial charge >= 0.3 is 5.97 Å². The normalized spacial score (nSPS) is 10.5. The van der Waals surface area contributed by atoms with Crippen molar-refractivity contribution in [3.8, 4) is 5.75 Å². The van der Waals surface area contributed by atoms with Gasteiger partial charge in [0, 0.05) is 12.6 Å². The third-order valence-corrected chi connectivity index (χ3v) is 2.99. The largest absolute Gasteiger partial charge is 0.425 e. The van der Waals surface area contributed by atoms with E-state index in [-0.39, 0.29) is 12.6 Å². The molecule has 1 rings (SSSR count). The quantitative estimate of drug-likeness (QED) is 0.579. The van der Waals surface area contributed by atoms with Gasteiger partial charge in [0.15, 0.2) is 5.75 Å². The third kappa shape index (κ3) is 5.83. The predicted octanol–water partition coefficient (Wildman–Crippen LogP) is 3.15. The number of aryl methyl sites for hydroxylation is 1. The van der Waals surface area contributed by atoms with Crippen LogP contribution in [0.2, 0.25) is 0 Å². The smallest absolute Gasteiger partial charge is 0.311 e. The first-order valence-corrected chi connectivity index (χ1v) is 6.94. The van der Waals surface area contributed by atoms with E-state index in [4.69, 9.17) is 9.84 Å². The minimum Gasteiger partial charge on any atom is -0.425 e. The van der Waals surface area contributed by atoms with E-state index in [2.05, 4.69) is 11.9 Å². The van der Waals surface area contributed by atoms with Gasteiger partial charge in [0.2, 0.25) is 0 Å². The summed E-state index contributed by atoms with van der Waals surface area (Å²) >= 11 is 0. The van der Waals surface area contributed by atoms with Crippen molar-refractivity contribution < 1.29 is 14.6 Å². The molecule has 1 aromatic rings. The Morgan fingerprint density at radius 2 is 2.05 bits per heavy atom. The maximum absolute atomic E-state index is 11.7. The molecule has 0 saturated carbocycles. The summed E-state index contributed by atoms with van der Waals surface area (Å²) < 4.78 is 5.28. The number of aromatic nitrogens is 1. The first-order chi connectivity index (χ1) is 9.17. The van der Waals surface area contributed by atoms with E-state index in [0.717, 1.165) is 12.8 Å². The lowest BCUT2D eigenvalue weighted by atomic mass is 10.1. The lowest BCUT2D eigenvalue weighted by molar-refractivity contribution is -0.134. The van der Waals surface area contributed by atoms with E-state index < -0.39 is 0 Å². The van der Waals surface area contributed by atoms with Crippen LogP contribution in [0.3, 0.4) is 0 Å². The van der Waals surface area contributed by atoms with Crippen LogP contribution in [-0.4, -0.2) is 16.1 Å². The van der Waals surface area contributed by atoms with Crippen molar-refractivity contribution in [2.45, 2.75) is 59.0 Å². The van der Waals surface area contributed by atoms with Crippen LogP contribution in [0.4, 0.5) is 0 Å². The number of hydrogen-bond acceptors (Lipinski definition) is 4. The molecule has 0 aliphatic carbocycles. The number of hydrogen-bond donors (Lipinski definition) is 1. The van der Waals surface area contributed by atoms with Crippen LogP contribution in [-0.2, 0) is 11.4 Å². The fraction of sp³-hybridized carbons (Fsp3) is 0.600. The second-order valence-electron chi connectivity index (χ2n) is 4.72. The number of esters is 1. The molecule has 0 atom stereocenters. The molecule has 0 aliphatic heterocycles. The summed E-state index contributed by atoms with van der Waals surface area (Å²) in [6, 6.07) is 1.66. The summed E-state index contributed by atoms with van der Waals surface area (Å²) in [5.41, 5.74) is 1.31. The summed E-state index contributed by atoms with van der Waals surface area (Å²) in [5.74, 6) is 0.224. The molecule has 1 aromatic heterocycles. The maximum atomic E-state index is 11.7. The van der Waals surface area contributed by atoms with Crippen LogP contribution in [0.5, 0.6) is 5.75 Å². The number of aliphatic hydroxyl groups excluding tert-OH is 1. The van der Waals surface area contributed by atoms with E-state index >= 15 is 0 Å². The van der Waals surface area contributed by atoms with Crippen molar-refractivity contribution in [2.75, 3.05) is 0 Å². The number of carbonyl (C=O) groups is 1. The van der Waals surface area contributed by atoms with Crippen LogP contribution in [0.25, 0.3) is 0 Å². The van der Waals surface area contributed by atoms with Gasteiger partial charge in [-0.1, -0.05) is 32.6 Å². The number of nitrogens with zero attached hydrogens (tertiary/aromatic N) is 1. The average Bonchev–Trinajstić information content (AvgIpc) is 2.41. The topological polar surface area (TPSA) is 59.4 Å². The van der Waals surface area contributed by atoms with E-state index in [0.29, 0.717) is 23.4 Å². The van der Waals surface area contributed by atoms with Gasteiger partial charge in [0.25, 0.3) is 0 Å². The number of aliphatic hydroxyl groups is 1. The van der Waals surface area contributed by atoms with Crippen LogP contribution < -0.4 is 4.74 Å². The SMILES string of the molecule is CCCCCCCC(=O)Oc1cc(CO)cnc1C. The Labute approximate surface area is 114 Å². The van der Waals surface area contributed by atoms with E-state index in [1.54, 1.807) is 19.2 Å².